The summed E-state index contributed by atoms with van der Waals surface area (Å²) in [6.45, 7) is 1.41. The molecule has 0 saturated heterocycles. The smallest absolute Gasteiger partial charge is 0.275 e. The number of benzene rings is 1. The molecule has 0 unspecified atom stereocenters. The number of aromatic amines is 1. The number of para-hydroxylation sites is 1. The van der Waals surface area contributed by atoms with Crippen LogP contribution < -0.4 is 16.4 Å². The highest BCUT2D eigenvalue weighted by Gasteiger charge is 2.32. The second-order valence-corrected chi connectivity index (χ2v) is 6.26. The van der Waals surface area contributed by atoms with Crippen LogP contribution in [0.2, 0.25) is 0 Å². The molecule has 25 heavy (non-hydrogen) atoms. The van der Waals surface area contributed by atoms with Crippen LogP contribution in [-0.4, -0.2) is 29.9 Å². The fourth-order valence-electron chi connectivity index (χ4n) is 3.17. The number of H-pyrrole nitrogens is 1. The molecule has 132 valence electrons. The Labute approximate surface area is 146 Å². The topological polar surface area (TPSA) is 100 Å². The minimum atomic E-state index is -0.353. The van der Waals surface area contributed by atoms with Crippen molar-refractivity contribution in [3.8, 4) is 0 Å². The summed E-state index contributed by atoms with van der Waals surface area (Å²) in [7, 11) is 0. The molecule has 0 radical (unpaired) electrons. The predicted octanol–water partition coefficient (Wildman–Crippen LogP) is 2.03. The maximum atomic E-state index is 12.3. The summed E-state index contributed by atoms with van der Waals surface area (Å²) in [5, 5.41) is 6.49. The molecule has 0 atom stereocenters. The molecule has 0 fully saturated rings. The lowest BCUT2D eigenvalue weighted by Gasteiger charge is -2.07. The first-order chi connectivity index (χ1) is 12.2. The molecule has 0 bridgehead atoms. The fraction of sp³-hybridized carbons (Fsp3) is 0.368. The van der Waals surface area contributed by atoms with Crippen LogP contribution in [0.3, 0.4) is 0 Å². The Morgan fingerprint density at radius 2 is 1.72 bits per heavy atom. The van der Waals surface area contributed by atoms with Crippen molar-refractivity contribution >= 4 is 28.3 Å². The third-order valence-corrected chi connectivity index (χ3v) is 4.47. The number of hydrogen-bond acceptors (Lipinski definition) is 4. The number of imide groups is 1. The van der Waals surface area contributed by atoms with E-state index in [-0.39, 0.29) is 11.8 Å². The lowest BCUT2D eigenvalue weighted by atomic mass is 10.0. The van der Waals surface area contributed by atoms with E-state index in [0.29, 0.717) is 17.8 Å². The van der Waals surface area contributed by atoms with Crippen LogP contribution in [0.15, 0.2) is 36.2 Å². The van der Waals surface area contributed by atoms with Crippen LogP contribution in [0, 0.1) is 0 Å². The molecule has 2 amide bonds. The number of fused-ring (bicyclic) bond motifs is 1. The van der Waals surface area contributed by atoms with Gasteiger partial charge in [-0.2, -0.15) is 0 Å². The van der Waals surface area contributed by atoms with E-state index in [1.54, 1.807) is 6.20 Å². The highest BCUT2D eigenvalue weighted by atomic mass is 16.2. The highest BCUT2D eigenvalue weighted by Crippen LogP contribution is 2.29. The first-order valence-electron chi connectivity index (χ1n) is 8.82. The molecule has 1 aliphatic rings. The second-order valence-electron chi connectivity index (χ2n) is 6.26. The van der Waals surface area contributed by atoms with Gasteiger partial charge in [0.15, 0.2) is 0 Å². The van der Waals surface area contributed by atoms with E-state index in [0.717, 1.165) is 55.1 Å². The summed E-state index contributed by atoms with van der Waals surface area (Å²) < 4.78 is 0. The van der Waals surface area contributed by atoms with Gasteiger partial charge in [-0.3, -0.25) is 14.9 Å². The molecule has 0 saturated carbocycles. The van der Waals surface area contributed by atoms with Crippen LogP contribution >= 0.6 is 0 Å². The Balaban J connectivity index is 1.72. The Hall–Kier alpha value is -2.60. The molecule has 2 aromatic rings. The highest BCUT2D eigenvalue weighted by molar-refractivity contribution is 6.37. The molecule has 2 heterocycles. The van der Waals surface area contributed by atoms with Crippen molar-refractivity contribution in [2.45, 2.75) is 32.1 Å². The van der Waals surface area contributed by atoms with Gasteiger partial charge in [0.1, 0.15) is 5.70 Å². The molecule has 0 spiro atoms. The molecule has 3 rings (SSSR count). The van der Waals surface area contributed by atoms with Crippen LogP contribution in [0.25, 0.3) is 16.5 Å². The Morgan fingerprint density at radius 1 is 0.960 bits per heavy atom. The molecular weight excluding hydrogens is 316 g/mol. The zero-order chi connectivity index (χ0) is 17.6. The van der Waals surface area contributed by atoms with Crippen molar-refractivity contribution in [2.75, 3.05) is 13.1 Å². The monoisotopic (exact) mass is 340 g/mol. The predicted molar refractivity (Wildman–Crippen MR) is 98.5 cm³/mol. The van der Waals surface area contributed by atoms with Crippen LogP contribution in [0.5, 0.6) is 0 Å². The summed E-state index contributed by atoms with van der Waals surface area (Å²) in [6.07, 6.45) is 7.15. The first-order valence-corrected chi connectivity index (χ1v) is 8.82. The van der Waals surface area contributed by atoms with E-state index in [2.05, 4.69) is 15.6 Å². The number of carbonyl (C=O) groups excluding carboxylic acids is 2. The van der Waals surface area contributed by atoms with E-state index < -0.39 is 0 Å². The Kier molecular flexibility index (Phi) is 5.50. The number of nitrogens with one attached hydrogen (secondary N) is 3. The van der Waals surface area contributed by atoms with Crippen LogP contribution in [-0.2, 0) is 9.59 Å². The number of amides is 2. The van der Waals surface area contributed by atoms with Gasteiger partial charge in [-0.05, 0) is 25.5 Å². The van der Waals surface area contributed by atoms with E-state index in [1.807, 2.05) is 24.3 Å². The number of carbonyl (C=O) groups is 2. The summed E-state index contributed by atoms with van der Waals surface area (Å²) in [5.41, 5.74) is 7.97. The van der Waals surface area contributed by atoms with Crippen molar-refractivity contribution < 1.29 is 9.59 Å². The third kappa shape index (κ3) is 3.74. The molecule has 6 heteroatoms. The van der Waals surface area contributed by atoms with Gasteiger partial charge in [0.05, 0.1) is 5.57 Å². The number of aromatic nitrogens is 1. The maximum absolute atomic E-state index is 12.3. The normalized spacial score (nSPS) is 14.4. The van der Waals surface area contributed by atoms with Crippen molar-refractivity contribution in [3.05, 3.63) is 41.7 Å². The summed E-state index contributed by atoms with van der Waals surface area (Å²) in [5.74, 6) is -0.700. The van der Waals surface area contributed by atoms with Crippen molar-refractivity contribution in [1.29, 1.82) is 0 Å². The number of unbranched alkanes of at least 4 members (excludes halogenated alkanes) is 4. The first kappa shape index (κ1) is 17.2. The van der Waals surface area contributed by atoms with Gasteiger partial charge in [-0.15, -0.1) is 0 Å². The van der Waals surface area contributed by atoms with Crippen molar-refractivity contribution in [1.82, 2.24) is 15.6 Å². The van der Waals surface area contributed by atoms with Gasteiger partial charge >= 0.3 is 0 Å². The fourth-order valence-corrected chi connectivity index (χ4v) is 3.17. The number of hydrogen-bond donors (Lipinski definition) is 4. The van der Waals surface area contributed by atoms with E-state index in [1.165, 1.54) is 0 Å². The zero-order valence-electron chi connectivity index (χ0n) is 14.2. The SMILES string of the molecule is NCCCCCCCNC1=C(c2c[nH]c3ccccc23)C(=O)NC1=O. The lowest BCUT2D eigenvalue weighted by Crippen LogP contribution is -2.27. The van der Waals surface area contributed by atoms with Gasteiger partial charge < -0.3 is 16.0 Å². The van der Waals surface area contributed by atoms with E-state index in [4.69, 9.17) is 5.73 Å². The number of rotatable bonds is 9. The standard InChI is InChI=1S/C19H24N4O2/c20-10-6-2-1-3-7-11-21-17-16(18(24)23-19(17)25)14-12-22-15-9-5-4-8-13(14)15/h4-5,8-9,12,22H,1-3,6-7,10-11,20H2,(H2,21,23,24,25). The summed E-state index contributed by atoms with van der Waals surface area (Å²) in [4.78, 5) is 27.6. The summed E-state index contributed by atoms with van der Waals surface area (Å²) >= 11 is 0. The molecule has 5 N–H and O–H groups in total. The van der Waals surface area contributed by atoms with E-state index >= 15 is 0 Å². The molecule has 6 nitrogen and oxygen atoms in total. The van der Waals surface area contributed by atoms with Crippen LogP contribution in [0.1, 0.15) is 37.7 Å². The number of nitrogens with two attached hydrogens (primary N) is 1. The van der Waals surface area contributed by atoms with Gasteiger partial charge in [0.2, 0.25) is 0 Å². The Morgan fingerprint density at radius 3 is 2.56 bits per heavy atom. The molecule has 1 aliphatic heterocycles. The van der Waals surface area contributed by atoms with Crippen molar-refractivity contribution in [3.63, 3.8) is 0 Å². The molecular formula is C19H24N4O2. The van der Waals surface area contributed by atoms with Gasteiger partial charge in [-0.1, -0.05) is 37.5 Å². The van der Waals surface area contributed by atoms with Crippen molar-refractivity contribution in [2.24, 2.45) is 5.73 Å². The van der Waals surface area contributed by atoms with Gasteiger partial charge in [-0.25, -0.2) is 0 Å². The lowest BCUT2D eigenvalue weighted by molar-refractivity contribution is -0.123. The zero-order valence-corrected chi connectivity index (χ0v) is 14.2. The maximum Gasteiger partial charge on any atom is 0.275 e. The minimum Gasteiger partial charge on any atom is -0.380 e. The van der Waals surface area contributed by atoms with E-state index in [9.17, 15) is 9.59 Å². The molecule has 1 aromatic carbocycles. The quantitative estimate of drug-likeness (QED) is 0.414. The average Bonchev–Trinajstić information content (AvgIpc) is 3.14. The van der Waals surface area contributed by atoms with Gasteiger partial charge in [0, 0.05) is 29.2 Å². The average molecular weight is 340 g/mol. The second kappa shape index (κ2) is 7.98. The molecule has 0 aliphatic carbocycles. The minimum absolute atomic E-state index is 0.347. The molecule has 1 aromatic heterocycles. The Bertz CT molecular complexity index is 807. The third-order valence-electron chi connectivity index (χ3n) is 4.47. The van der Waals surface area contributed by atoms with Crippen LogP contribution in [0.4, 0.5) is 0 Å². The largest absolute Gasteiger partial charge is 0.380 e. The summed E-state index contributed by atoms with van der Waals surface area (Å²) in [6, 6.07) is 7.74. The van der Waals surface area contributed by atoms with Gasteiger partial charge in [0.25, 0.3) is 11.8 Å².